The molecule has 1 saturated heterocycles. The molecule has 4 aromatic heterocycles. The number of hydrogen-bond donors (Lipinski definition) is 3. The second-order valence-electron chi connectivity index (χ2n) is 14.0. The Morgan fingerprint density at radius 2 is 1.80 bits per heavy atom. The number of halogens is 1. The summed E-state index contributed by atoms with van der Waals surface area (Å²) in [5.41, 5.74) is 10.8. The number of aromatic amines is 2. The van der Waals surface area contributed by atoms with E-state index in [1.807, 2.05) is 30.6 Å². The minimum Gasteiger partial charge on any atom is -0.358 e. The van der Waals surface area contributed by atoms with E-state index < -0.39 is 0 Å². The molecule has 0 spiro atoms. The smallest absolute Gasteiger partial charge is 0.135 e. The summed E-state index contributed by atoms with van der Waals surface area (Å²) in [7, 11) is 0. The first-order valence-electron chi connectivity index (χ1n) is 18.0. The summed E-state index contributed by atoms with van der Waals surface area (Å²) >= 11 is 0. The SMILES string of the molecule is C=C(CC1CCCCC1)Nc1cncc(-c2ccc3[nH]nc(-c4cc5c(-c6cc(F)cc(CCCN7CCCC7)c6)cccc5[nH]4)c3n2)c1. The van der Waals surface area contributed by atoms with E-state index in [2.05, 4.69) is 67.3 Å². The van der Waals surface area contributed by atoms with E-state index in [-0.39, 0.29) is 5.82 Å². The van der Waals surface area contributed by atoms with Gasteiger partial charge in [0.2, 0.25) is 0 Å². The number of pyridine rings is 2. The molecule has 0 atom stereocenters. The van der Waals surface area contributed by atoms with Crippen LogP contribution in [0.5, 0.6) is 0 Å². The first kappa shape index (κ1) is 31.4. The summed E-state index contributed by atoms with van der Waals surface area (Å²) in [6.07, 6.45) is 15.8. The molecule has 8 rings (SSSR count). The third kappa shape index (κ3) is 7.01. The van der Waals surface area contributed by atoms with Crippen molar-refractivity contribution in [3.05, 3.63) is 96.7 Å². The number of fused-ring (bicyclic) bond motifs is 2. The first-order chi connectivity index (χ1) is 24.1. The van der Waals surface area contributed by atoms with Gasteiger partial charge in [0, 0.05) is 28.4 Å². The Morgan fingerprint density at radius 3 is 2.67 bits per heavy atom. The van der Waals surface area contributed by atoms with E-state index in [1.165, 1.54) is 58.0 Å². The molecule has 0 amide bonds. The van der Waals surface area contributed by atoms with E-state index in [0.717, 1.165) is 104 Å². The van der Waals surface area contributed by atoms with Crippen LogP contribution in [0, 0.1) is 11.7 Å². The molecule has 1 aliphatic heterocycles. The highest BCUT2D eigenvalue weighted by Gasteiger charge is 2.18. The first-order valence-corrected chi connectivity index (χ1v) is 18.0. The standard InChI is InChI=1S/C41H44FN7/c1-27(19-28-9-3-2-4-10-28)44-33-23-31(25-43-26-33)36-14-15-38-40(46-36)41(48-47-38)39-24-35-34(12-7-13-37(35)45-39)30-20-29(21-32(42)22-30)11-8-18-49-16-5-6-17-49/h7,12-15,20-26,28,44-45H,1-6,8-11,16-19H2,(H,47,48). The number of benzene rings is 2. The van der Waals surface area contributed by atoms with Crippen molar-refractivity contribution in [1.82, 2.24) is 30.0 Å². The van der Waals surface area contributed by atoms with Gasteiger partial charge >= 0.3 is 0 Å². The molecule has 2 aliphatic rings. The number of hydrogen-bond acceptors (Lipinski definition) is 5. The Bertz CT molecular complexity index is 2100. The van der Waals surface area contributed by atoms with E-state index >= 15 is 0 Å². The maximum absolute atomic E-state index is 15.0. The van der Waals surface area contributed by atoms with Crippen LogP contribution in [0.3, 0.4) is 0 Å². The molecule has 6 aromatic rings. The molecule has 0 radical (unpaired) electrons. The molecule has 5 heterocycles. The average molecular weight is 654 g/mol. The minimum absolute atomic E-state index is 0.196. The van der Waals surface area contributed by atoms with Gasteiger partial charge < -0.3 is 15.2 Å². The molecule has 0 bridgehead atoms. The number of H-pyrrole nitrogens is 2. The molecule has 49 heavy (non-hydrogen) atoms. The van der Waals surface area contributed by atoms with Crippen LogP contribution in [-0.4, -0.2) is 49.7 Å². The van der Waals surface area contributed by atoms with Gasteiger partial charge in [-0.15, -0.1) is 0 Å². The van der Waals surface area contributed by atoms with Crippen LogP contribution in [0.1, 0.15) is 63.4 Å². The highest BCUT2D eigenvalue weighted by atomic mass is 19.1. The zero-order valence-electron chi connectivity index (χ0n) is 28.1. The Balaban J connectivity index is 1.05. The second kappa shape index (κ2) is 14.0. The van der Waals surface area contributed by atoms with E-state index in [1.54, 1.807) is 12.1 Å². The van der Waals surface area contributed by atoms with Crippen molar-refractivity contribution in [1.29, 1.82) is 0 Å². The Morgan fingerprint density at radius 1 is 0.918 bits per heavy atom. The Hall–Kier alpha value is -4.82. The van der Waals surface area contributed by atoms with E-state index in [0.29, 0.717) is 0 Å². The van der Waals surface area contributed by atoms with Crippen LogP contribution in [0.4, 0.5) is 10.1 Å². The molecule has 1 saturated carbocycles. The normalized spacial score (nSPS) is 15.8. The zero-order chi connectivity index (χ0) is 33.2. The van der Waals surface area contributed by atoms with Gasteiger partial charge in [0.25, 0.3) is 0 Å². The largest absolute Gasteiger partial charge is 0.358 e. The zero-order valence-corrected chi connectivity index (χ0v) is 28.1. The molecule has 250 valence electrons. The number of allylic oxidation sites excluding steroid dienone is 1. The maximum atomic E-state index is 15.0. The summed E-state index contributed by atoms with van der Waals surface area (Å²) in [6.45, 7) is 7.76. The number of rotatable bonds is 11. The van der Waals surface area contributed by atoms with Gasteiger partial charge in [-0.2, -0.15) is 5.10 Å². The lowest BCUT2D eigenvalue weighted by atomic mass is 9.86. The monoisotopic (exact) mass is 653 g/mol. The summed E-state index contributed by atoms with van der Waals surface area (Å²) in [4.78, 5) is 15.7. The fraction of sp³-hybridized carbons (Fsp3) is 0.341. The topological polar surface area (TPSA) is 85.5 Å². The number of aryl methyl sites for hydroxylation is 1. The van der Waals surface area contributed by atoms with Crippen molar-refractivity contribution in [2.24, 2.45) is 5.92 Å². The molecule has 0 unspecified atom stereocenters. The van der Waals surface area contributed by atoms with Gasteiger partial charge in [0.1, 0.15) is 17.0 Å². The molecule has 2 aromatic carbocycles. The van der Waals surface area contributed by atoms with Gasteiger partial charge in [0.15, 0.2) is 0 Å². The molecule has 7 nitrogen and oxygen atoms in total. The van der Waals surface area contributed by atoms with Crippen LogP contribution in [0.15, 0.2) is 85.3 Å². The number of nitrogens with zero attached hydrogens (tertiary/aromatic N) is 4. The minimum atomic E-state index is -0.196. The summed E-state index contributed by atoms with van der Waals surface area (Å²) in [5, 5.41) is 12.4. The number of nitrogens with one attached hydrogen (secondary N) is 3. The van der Waals surface area contributed by atoms with Gasteiger partial charge in [-0.3, -0.25) is 10.1 Å². The fourth-order valence-corrected chi connectivity index (χ4v) is 7.89. The summed E-state index contributed by atoms with van der Waals surface area (Å²) in [5.74, 6) is 0.522. The van der Waals surface area contributed by atoms with Crippen molar-refractivity contribution in [3.63, 3.8) is 0 Å². The van der Waals surface area contributed by atoms with Crippen molar-refractivity contribution >= 4 is 27.6 Å². The Kier molecular flexibility index (Phi) is 8.96. The highest BCUT2D eigenvalue weighted by Crippen LogP contribution is 2.35. The number of anilines is 1. The number of likely N-dealkylation sites (tertiary alicyclic amines) is 1. The van der Waals surface area contributed by atoms with Crippen molar-refractivity contribution < 1.29 is 4.39 Å². The summed E-state index contributed by atoms with van der Waals surface area (Å²) < 4.78 is 15.0. The lowest BCUT2D eigenvalue weighted by molar-refractivity contribution is 0.334. The van der Waals surface area contributed by atoms with E-state index in [9.17, 15) is 4.39 Å². The quantitative estimate of drug-likeness (QED) is 0.130. The van der Waals surface area contributed by atoms with Crippen LogP contribution >= 0.6 is 0 Å². The molecule has 1 aliphatic carbocycles. The molecule has 3 N–H and O–H groups in total. The molecular weight excluding hydrogens is 609 g/mol. The second-order valence-corrected chi connectivity index (χ2v) is 14.0. The van der Waals surface area contributed by atoms with Gasteiger partial charge in [-0.1, -0.05) is 56.9 Å². The van der Waals surface area contributed by atoms with Crippen molar-refractivity contribution in [2.45, 2.75) is 64.2 Å². The fourth-order valence-electron chi connectivity index (χ4n) is 7.89. The van der Waals surface area contributed by atoms with Gasteiger partial charge in [0.05, 0.1) is 28.8 Å². The van der Waals surface area contributed by atoms with Gasteiger partial charge in [-0.05, 0) is 117 Å². The Labute approximate surface area is 287 Å². The van der Waals surface area contributed by atoms with Crippen molar-refractivity contribution in [3.8, 4) is 33.8 Å². The number of aromatic nitrogens is 5. The average Bonchev–Trinajstić information content (AvgIpc) is 3.88. The van der Waals surface area contributed by atoms with Crippen LogP contribution in [0.2, 0.25) is 0 Å². The van der Waals surface area contributed by atoms with Gasteiger partial charge in [-0.25, -0.2) is 9.37 Å². The molecular formula is C41H44FN7. The lowest BCUT2D eigenvalue weighted by Crippen LogP contribution is -2.20. The lowest BCUT2D eigenvalue weighted by Gasteiger charge is -2.22. The van der Waals surface area contributed by atoms with Crippen LogP contribution in [0.25, 0.3) is 55.7 Å². The summed E-state index contributed by atoms with van der Waals surface area (Å²) in [6, 6.07) is 19.8. The van der Waals surface area contributed by atoms with Crippen LogP contribution < -0.4 is 5.32 Å². The molecule has 8 heteroatoms. The predicted octanol–water partition coefficient (Wildman–Crippen LogP) is 9.90. The maximum Gasteiger partial charge on any atom is 0.135 e. The van der Waals surface area contributed by atoms with Crippen LogP contribution in [-0.2, 0) is 6.42 Å². The third-order valence-electron chi connectivity index (χ3n) is 10.3. The molecule has 2 fully saturated rings. The van der Waals surface area contributed by atoms with E-state index in [4.69, 9.17) is 4.98 Å². The third-order valence-corrected chi connectivity index (χ3v) is 10.3. The highest BCUT2D eigenvalue weighted by molar-refractivity contribution is 6.00. The van der Waals surface area contributed by atoms with Crippen molar-refractivity contribution in [2.75, 3.05) is 25.0 Å². The predicted molar refractivity (Wildman–Crippen MR) is 198 cm³/mol.